The summed E-state index contributed by atoms with van der Waals surface area (Å²) in [5.74, 6) is -0.0389. The molecule has 0 spiro atoms. The van der Waals surface area contributed by atoms with Gasteiger partial charge in [-0.15, -0.1) is 0 Å². The lowest BCUT2D eigenvalue weighted by Crippen LogP contribution is -2.50. The Morgan fingerprint density at radius 1 is 1.00 bits per heavy atom. The maximum Gasteiger partial charge on any atom is 0.241 e. The number of amides is 2. The maximum absolute atomic E-state index is 12.1. The zero-order valence-corrected chi connectivity index (χ0v) is 15.9. The number of carbonyl (C=O) groups is 2. The zero-order valence-electron chi connectivity index (χ0n) is 15.1. The van der Waals surface area contributed by atoms with Crippen LogP contribution in [0, 0.1) is 0 Å². The third-order valence-electron chi connectivity index (χ3n) is 5.02. The summed E-state index contributed by atoms with van der Waals surface area (Å²) in [6.45, 7) is 6.56. The smallest absolute Gasteiger partial charge is 0.241 e. The second-order valence-electron chi connectivity index (χ2n) is 7.05. The minimum absolute atomic E-state index is 0.0298. The van der Waals surface area contributed by atoms with Crippen molar-refractivity contribution in [3.8, 4) is 0 Å². The normalized spacial score (nSPS) is 18.9. The van der Waals surface area contributed by atoms with E-state index in [4.69, 9.17) is 11.6 Å². The SMILES string of the molecule is O=C(CN1CCN(Cc2cccc(Cl)c2)CC1)NCC(=O)N1CCCC1. The van der Waals surface area contributed by atoms with Crippen LogP contribution in [-0.2, 0) is 16.1 Å². The number of nitrogens with one attached hydrogen (secondary N) is 1. The largest absolute Gasteiger partial charge is 0.346 e. The molecule has 0 aromatic heterocycles. The van der Waals surface area contributed by atoms with E-state index in [1.807, 2.05) is 23.1 Å². The highest BCUT2D eigenvalue weighted by atomic mass is 35.5. The van der Waals surface area contributed by atoms with Gasteiger partial charge < -0.3 is 10.2 Å². The van der Waals surface area contributed by atoms with Crippen molar-refractivity contribution in [2.75, 3.05) is 52.4 Å². The maximum atomic E-state index is 12.1. The van der Waals surface area contributed by atoms with Gasteiger partial charge in [-0.05, 0) is 30.5 Å². The van der Waals surface area contributed by atoms with E-state index in [-0.39, 0.29) is 18.4 Å². The van der Waals surface area contributed by atoms with Crippen molar-refractivity contribution in [3.05, 3.63) is 34.9 Å². The molecule has 0 atom stereocenters. The fraction of sp³-hybridized carbons (Fsp3) is 0.579. The van der Waals surface area contributed by atoms with Crippen molar-refractivity contribution in [3.63, 3.8) is 0 Å². The lowest BCUT2D eigenvalue weighted by Gasteiger charge is -2.34. The average molecular weight is 379 g/mol. The van der Waals surface area contributed by atoms with E-state index in [1.165, 1.54) is 5.56 Å². The average Bonchev–Trinajstić information content (AvgIpc) is 3.16. The van der Waals surface area contributed by atoms with Crippen LogP contribution in [-0.4, -0.2) is 78.9 Å². The van der Waals surface area contributed by atoms with Crippen LogP contribution < -0.4 is 5.32 Å². The Bertz CT molecular complexity index is 626. The van der Waals surface area contributed by atoms with Crippen LogP contribution in [0.25, 0.3) is 0 Å². The van der Waals surface area contributed by atoms with Gasteiger partial charge in [-0.25, -0.2) is 0 Å². The van der Waals surface area contributed by atoms with E-state index in [9.17, 15) is 9.59 Å². The number of benzene rings is 1. The fourth-order valence-corrected chi connectivity index (χ4v) is 3.72. The van der Waals surface area contributed by atoms with Crippen LogP contribution in [0.15, 0.2) is 24.3 Å². The number of carbonyl (C=O) groups excluding carboxylic acids is 2. The summed E-state index contributed by atoms with van der Waals surface area (Å²) in [6.07, 6.45) is 2.14. The molecular formula is C19H27ClN4O2. The van der Waals surface area contributed by atoms with Crippen LogP contribution in [0.3, 0.4) is 0 Å². The fourth-order valence-electron chi connectivity index (χ4n) is 3.51. The van der Waals surface area contributed by atoms with E-state index in [2.05, 4.69) is 21.2 Å². The molecule has 1 N–H and O–H groups in total. The van der Waals surface area contributed by atoms with Gasteiger partial charge >= 0.3 is 0 Å². The van der Waals surface area contributed by atoms with Gasteiger partial charge in [0.05, 0.1) is 13.1 Å². The first kappa shape index (κ1) is 19.1. The molecule has 2 amide bonds. The number of rotatable bonds is 6. The summed E-state index contributed by atoms with van der Waals surface area (Å²) < 4.78 is 0. The molecular weight excluding hydrogens is 352 g/mol. The minimum atomic E-state index is -0.0687. The van der Waals surface area contributed by atoms with Crippen molar-refractivity contribution in [1.29, 1.82) is 0 Å². The Hall–Kier alpha value is -1.63. The molecule has 0 aliphatic carbocycles. The summed E-state index contributed by atoms with van der Waals surface area (Å²) in [4.78, 5) is 30.4. The summed E-state index contributed by atoms with van der Waals surface area (Å²) in [5, 5.41) is 3.53. The van der Waals surface area contributed by atoms with Crippen molar-refractivity contribution < 1.29 is 9.59 Å². The van der Waals surface area contributed by atoms with Crippen LogP contribution in [0.2, 0.25) is 5.02 Å². The summed E-state index contributed by atoms with van der Waals surface area (Å²) in [6, 6.07) is 7.94. The molecule has 2 aliphatic rings. The Labute approximate surface area is 160 Å². The van der Waals surface area contributed by atoms with Gasteiger partial charge in [0.15, 0.2) is 0 Å². The molecule has 26 heavy (non-hydrogen) atoms. The highest BCUT2D eigenvalue weighted by Crippen LogP contribution is 2.14. The highest BCUT2D eigenvalue weighted by Gasteiger charge is 2.21. The van der Waals surface area contributed by atoms with Gasteiger partial charge in [-0.1, -0.05) is 23.7 Å². The van der Waals surface area contributed by atoms with Crippen LogP contribution >= 0.6 is 11.6 Å². The molecule has 0 unspecified atom stereocenters. The van der Waals surface area contributed by atoms with Crippen LogP contribution in [0.5, 0.6) is 0 Å². The Balaban J connectivity index is 1.34. The monoisotopic (exact) mass is 378 g/mol. The number of hydrogen-bond donors (Lipinski definition) is 1. The molecule has 2 heterocycles. The molecule has 2 fully saturated rings. The van der Waals surface area contributed by atoms with E-state index in [0.717, 1.165) is 63.7 Å². The predicted octanol–water partition coefficient (Wildman–Crippen LogP) is 1.20. The topological polar surface area (TPSA) is 55.9 Å². The van der Waals surface area contributed by atoms with Gasteiger partial charge in [-0.2, -0.15) is 0 Å². The standard InChI is InChI=1S/C19H27ClN4O2/c20-17-5-3-4-16(12-17)14-22-8-10-23(11-9-22)15-18(25)21-13-19(26)24-6-1-2-7-24/h3-5,12H,1-2,6-11,13-15H2,(H,21,25). The quantitative estimate of drug-likeness (QED) is 0.808. The second kappa shape index (κ2) is 9.35. The van der Waals surface area contributed by atoms with E-state index in [0.29, 0.717) is 6.54 Å². The Morgan fingerprint density at radius 2 is 1.69 bits per heavy atom. The molecule has 0 saturated carbocycles. The Morgan fingerprint density at radius 3 is 2.38 bits per heavy atom. The van der Waals surface area contributed by atoms with Crippen LogP contribution in [0.4, 0.5) is 0 Å². The highest BCUT2D eigenvalue weighted by molar-refractivity contribution is 6.30. The third kappa shape index (κ3) is 5.69. The minimum Gasteiger partial charge on any atom is -0.346 e. The Kier molecular flexibility index (Phi) is 6.88. The number of halogens is 1. The predicted molar refractivity (Wildman–Crippen MR) is 102 cm³/mol. The molecule has 1 aromatic carbocycles. The third-order valence-corrected chi connectivity index (χ3v) is 5.26. The molecule has 142 valence electrons. The summed E-state index contributed by atoms with van der Waals surface area (Å²) in [7, 11) is 0. The van der Waals surface area contributed by atoms with Crippen molar-refractivity contribution >= 4 is 23.4 Å². The molecule has 3 rings (SSSR count). The molecule has 7 heteroatoms. The number of nitrogens with zero attached hydrogens (tertiary/aromatic N) is 3. The van der Waals surface area contributed by atoms with Gasteiger partial charge in [0, 0.05) is 50.8 Å². The lowest BCUT2D eigenvalue weighted by atomic mass is 10.2. The summed E-state index contributed by atoms with van der Waals surface area (Å²) in [5.41, 5.74) is 1.21. The zero-order chi connectivity index (χ0) is 18.4. The van der Waals surface area contributed by atoms with Crippen molar-refractivity contribution in [2.45, 2.75) is 19.4 Å². The number of piperazine rings is 1. The van der Waals surface area contributed by atoms with E-state index >= 15 is 0 Å². The molecule has 2 aliphatic heterocycles. The van der Waals surface area contributed by atoms with Crippen molar-refractivity contribution in [1.82, 2.24) is 20.0 Å². The van der Waals surface area contributed by atoms with Crippen molar-refractivity contribution in [2.24, 2.45) is 0 Å². The summed E-state index contributed by atoms with van der Waals surface area (Å²) >= 11 is 6.04. The molecule has 0 bridgehead atoms. The first-order chi connectivity index (χ1) is 12.6. The molecule has 1 aromatic rings. The van der Waals surface area contributed by atoms with Crippen LogP contribution in [0.1, 0.15) is 18.4 Å². The first-order valence-electron chi connectivity index (χ1n) is 9.34. The number of hydrogen-bond acceptors (Lipinski definition) is 4. The first-order valence-corrected chi connectivity index (χ1v) is 9.71. The van der Waals surface area contributed by atoms with E-state index < -0.39 is 0 Å². The number of likely N-dealkylation sites (tertiary alicyclic amines) is 1. The van der Waals surface area contributed by atoms with E-state index in [1.54, 1.807) is 0 Å². The second-order valence-corrected chi connectivity index (χ2v) is 7.48. The van der Waals surface area contributed by atoms with Gasteiger partial charge in [0.25, 0.3) is 0 Å². The van der Waals surface area contributed by atoms with Gasteiger partial charge in [-0.3, -0.25) is 19.4 Å². The molecule has 2 saturated heterocycles. The lowest BCUT2D eigenvalue weighted by molar-refractivity contribution is -0.132. The van der Waals surface area contributed by atoms with Gasteiger partial charge in [0.2, 0.25) is 11.8 Å². The molecule has 0 radical (unpaired) electrons. The molecule has 6 nitrogen and oxygen atoms in total. The van der Waals surface area contributed by atoms with Gasteiger partial charge in [0.1, 0.15) is 0 Å².